The van der Waals surface area contributed by atoms with Gasteiger partial charge in [-0.1, -0.05) is 24.8 Å². The Kier molecular flexibility index (Phi) is 7.37. The maximum Gasteiger partial charge on any atom is 0.270 e. The first-order chi connectivity index (χ1) is 13.0. The SMILES string of the molecule is C=CCOc1c(I)cc(C=C(C#N)c2cccc([N+](=O)[O-])c2)cc1OCC. The van der Waals surface area contributed by atoms with E-state index in [0.717, 1.165) is 9.13 Å². The first-order valence-electron chi connectivity index (χ1n) is 8.06. The Balaban J connectivity index is 2.49. The minimum Gasteiger partial charge on any atom is -0.490 e. The summed E-state index contributed by atoms with van der Waals surface area (Å²) >= 11 is 2.14. The highest BCUT2D eigenvalue weighted by Gasteiger charge is 2.13. The van der Waals surface area contributed by atoms with Crippen LogP contribution in [0, 0.1) is 25.0 Å². The Labute approximate surface area is 171 Å². The summed E-state index contributed by atoms with van der Waals surface area (Å²) in [5.41, 5.74) is 1.46. The van der Waals surface area contributed by atoms with Crippen molar-refractivity contribution < 1.29 is 14.4 Å². The van der Waals surface area contributed by atoms with Gasteiger partial charge < -0.3 is 9.47 Å². The lowest BCUT2D eigenvalue weighted by molar-refractivity contribution is -0.384. The summed E-state index contributed by atoms with van der Waals surface area (Å²) in [5, 5.41) is 20.5. The second-order valence-corrected chi connectivity index (χ2v) is 6.50. The second-order valence-electron chi connectivity index (χ2n) is 5.34. The van der Waals surface area contributed by atoms with Gasteiger partial charge >= 0.3 is 0 Å². The van der Waals surface area contributed by atoms with Gasteiger partial charge in [0.15, 0.2) is 11.5 Å². The fourth-order valence-electron chi connectivity index (χ4n) is 2.35. The molecule has 2 aromatic rings. The van der Waals surface area contributed by atoms with E-state index in [1.54, 1.807) is 30.4 Å². The number of ether oxygens (including phenoxy) is 2. The summed E-state index contributed by atoms with van der Waals surface area (Å²) in [4.78, 5) is 10.5. The molecule has 0 aliphatic rings. The highest BCUT2D eigenvalue weighted by atomic mass is 127. The lowest BCUT2D eigenvalue weighted by Crippen LogP contribution is -2.01. The third kappa shape index (κ3) is 5.31. The molecule has 27 heavy (non-hydrogen) atoms. The Morgan fingerprint density at radius 2 is 2.15 bits per heavy atom. The smallest absolute Gasteiger partial charge is 0.270 e. The molecule has 0 radical (unpaired) electrons. The minimum atomic E-state index is -0.486. The summed E-state index contributed by atoms with van der Waals surface area (Å²) in [6, 6.07) is 11.7. The van der Waals surface area contributed by atoms with Crippen LogP contribution < -0.4 is 9.47 Å². The predicted molar refractivity (Wildman–Crippen MR) is 113 cm³/mol. The quantitative estimate of drug-likeness (QED) is 0.130. The highest BCUT2D eigenvalue weighted by Crippen LogP contribution is 2.35. The first-order valence-corrected chi connectivity index (χ1v) is 9.14. The van der Waals surface area contributed by atoms with Gasteiger partial charge in [-0.05, 0) is 58.9 Å². The van der Waals surface area contributed by atoms with Gasteiger partial charge in [0, 0.05) is 12.1 Å². The van der Waals surface area contributed by atoms with Crippen LogP contribution in [-0.2, 0) is 0 Å². The van der Waals surface area contributed by atoms with E-state index >= 15 is 0 Å². The lowest BCUT2D eigenvalue weighted by Gasteiger charge is -2.14. The van der Waals surface area contributed by atoms with Crippen molar-refractivity contribution in [3.63, 3.8) is 0 Å². The lowest BCUT2D eigenvalue weighted by atomic mass is 10.0. The van der Waals surface area contributed by atoms with Gasteiger partial charge in [-0.2, -0.15) is 5.26 Å². The van der Waals surface area contributed by atoms with E-state index in [0.29, 0.717) is 35.8 Å². The molecular formula is C20H17IN2O4. The van der Waals surface area contributed by atoms with Crippen LogP contribution in [0.1, 0.15) is 18.1 Å². The average Bonchev–Trinajstić information content (AvgIpc) is 2.66. The largest absolute Gasteiger partial charge is 0.490 e. The van der Waals surface area contributed by atoms with Gasteiger partial charge in [-0.25, -0.2) is 0 Å². The molecule has 0 bridgehead atoms. The Bertz CT molecular complexity index is 932. The number of nitro benzene ring substituents is 1. The molecule has 0 saturated heterocycles. The minimum absolute atomic E-state index is 0.0635. The van der Waals surface area contributed by atoms with Crippen molar-refractivity contribution in [1.82, 2.24) is 0 Å². The molecule has 0 saturated carbocycles. The molecule has 0 heterocycles. The summed E-state index contributed by atoms with van der Waals surface area (Å²) < 4.78 is 12.2. The Hall–Kier alpha value is -2.86. The van der Waals surface area contributed by atoms with Gasteiger partial charge in [-0.3, -0.25) is 10.1 Å². The van der Waals surface area contributed by atoms with Crippen molar-refractivity contribution in [3.05, 3.63) is 73.9 Å². The van der Waals surface area contributed by atoms with Crippen molar-refractivity contribution in [3.8, 4) is 17.6 Å². The maximum atomic E-state index is 11.0. The van der Waals surface area contributed by atoms with Gasteiger partial charge in [-0.15, -0.1) is 0 Å². The molecule has 0 aliphatic carbocycles. The molecule has 0 aromatic heterocycles. The first kappa shape index (κ1) is 20.5. The second kappa shape index (κ2) is 9.73. The van der Waals surface area contributed by atoms with Crippen molar-refractivity contribution >= 4 is 39.9 Å². The molecule has 0 aliphatic heterocycles. The average molecular weight is 476 g/mol. The third-order valence-corrected chi connectivity index (χ3v) is 4.28. The number of hydrogen-bond acceptors (Lipinski definition) is 5. The van der Waals surface area contributed by atoms with E-state index in [2.05, 4.69) is 35.2 Å². The molecule has 0 fully saturated rings. The molecule has 2 aromatic carbocycles. The number of nitriles is 1. The van der Waals surface area contributed by atoms with Crippen LogP contribution >= 0.6 is 22.6 Å². The van der Waals surface area contributed by atoms with Crippen LogP contribution in [0.4, 0.5) is 5.69 Å². The Morgan fingerprint density at radius 3 is 2.78 bits per heavy atom. The zero-order valence-electron chi connectivity index (χ0n) is 14.6. The van der Waals surface area contributed by atoms with Crippen molar-refractivity contribution in [2.24, 2.45) is 0 Å². The molecule has 0 N–H and O–H groups in total. The molecule has 6 nitrogen and oxygen atoms in total. The normalized spacial score (nSPS) is 10.8. The van der Waals surface area contributed by atoms with Crippen molar-refractivity contribution in [1.29, 1.82) is 5.26 Å². The monoisotopic (exact) mass is 476 g/mol. The summed E-state index contributed by atoms with van der Waals surface area (Å²) in [5.74, 6) is 1.18. The number of benzene rings is 2. The van der Waals surface area contributed by atoms with E-state index < -0.39 is 4.92 Å². The molecule has 0 spiro atoms. The molecule has 0 unspecified atom stereocenters. The predicted octanol–water partition coefficient (Wildman–Crippen LogP) is 5.23. The van der Waals surface area contributed by atoms with E-state index in [1.165, 1.54) is 12.1 Å². The summed E-state index contributed by atoms with van der Waals surface area (Å²) in [6.07, 6.45) is 3.32. The number of halogens is 1. The Morgan fingerprint density at radius 1 is 1.37 bits per heavy atom. The van der Waals surface area contributed by atoms with E-state index in [-0.39, 0.29) is 5.69 Å². The van der Waals surface area contributed by atoms with Gasteiger partial charge in [0.25, 0.3) is 5.69 Å². The zero-order valence-corrected chi connectivity index (χ0v) is 16.8. The number of hydrogen-bond donors (Lipinski definition) is 0. The molecular weight excluding hydrogens is 459 g/mol. The fourth-order valence-corrected chi connectivity index (χ4v) is 3.13. The summed E-state index contributed by atoms with van der Waals surface area (Å²) in [7, 11) is 0. The fraction of sp³-hybridized carbons (Fsp3) is 0.150. The topological polar surface area (TPSA) is 85.4 Å². The van der Waals surface area contributed by atoms with Gasteiger partial charge in [0.1, 0.15) is 6.61 Å². The molecule has 7 heteroatoms. The number of rotatable bonds is 8. The van der Waals surface area contributed by atoms with Crippen LogP contribution in [0.5, 0.6) is 11.5 Å². The van der Waals surface area contributed by atoms with Crippen LogP contribution in [0.25, 0.3) is 11.6 Å². The summed E-state index contributed by atoms with van der Waals surface area (Å²) in [6.45, 7) is 6.32. The zero-order chi connectivity index (χ0) is 19.8. The number of nitrogens with zero attached hydrogens (tertiary/aromatic N) is 2. The van der Waals surface area contributed by atoms with Crippen LogP contribution in [0.2, 0.25) is 0 Å². The molecule has 0 amide bonds. The van der Waals surface area contributed by atoms with Gasteiger partial charge in [0.05, 0.1) is 26.7 Å². The standard InChI is InChI=1S/C20H17IN2O4/c1-3-8-27-20-18(21)10-14(11-19(20)26-4-2)9-16(13-22)15-6-5-7-17(12-15)23(24)25/h3,5-7,9-12H,1,4,8H2,2H3. The van der Waals surface area contributed by atoms with E-state index in [4.69, 9.17) is 9.47 Å². The molecule has 138 valence electrons. The highest BCUT2D eigenvalue weighted by molar-refractivity contribution is 14.1. The van der Waals surface area contributed by atoms with Crippen molar-refractivity contribution in [2.45, 2.75) is 6.92 Å². The molecule has 2 rings (SSSR count). The maximum absolute atomic E-state index is 11.0. The van der Waals surface area contributed by atoms with E-state index in [9.17, 15) is 15.4 Å². The number of allylic oxidation sites excluding steroid dienone is 1. The van der Waals surface area contributed by atoms with E-state index in [1.807, 2.05) is 13.0 Å². The molecule has 0 atom stereocenters. The number of non-ortho nitro benzene ring substituents is 1. The van der Waals surface area contributed by atoms with Crippen LogP contribution in [0.15, 0.2) is 49.1 Å². The van der Waals surface area contributed by atoms with Crippen molar-refractivity contribution in [2.75, 3.05) is 13.2 Å². The van der Waals surface area contributed by atoms with Crippen LogP contribution in [-0.4, -0.2) is 18.1 Å². The third-order valence-electron chi connectivity index (χ3n) is 3.48. The van der Waals surface area contributed by atoms with Crippen LogP contribution in [0.3, 0.4) is 0 Å². The number of nitro groups is 1. The van der Waals surface area contributed by atoms with Gasteiger partial charge in [0.2, 0.25) is 0 Å².